The number of unbranched alkanes of at least 4 members (excludes halogenated alkanes) is 1. The van der Waals surface area contributed by atoms with Gasteiger partial charge in [-0.3, -0.25) is 0 Å². The lowest BCUT2D eigenvalue weighted by atomic mass is 10.4. The highest BCUT2D eigenvalue weighted by molar-refractivity contribution is 7.85. The van der Waals surface area contributed by atoms with Crippen LogP contribution >= 0.6 is 0 Å². The van der Waals surface area contributed by atoms with E-state index in [1.165, 1.54) is 25.9 Å². The summed E-state index contributed by atoms with van der Waals surface area (Å²) in [5.74, 6) is -0.219. The van der Waals surface area contributed by atoms with Crippen LogP contribution in [0.4, 0.5) is 0 Å². The van der Waals surface area contributed by atoms with Crippen molar-refractivity contribution in [2.24, 2.45) is 0 Å². The van der Waals surface area contributed by atoms with Crippen molar-refractivity contribution in [3.05, 3.63) is 0 Å². The van der Waals surface area contributed by atoms with Gasteiger partial charge in [-0.05, 0) is 6.42 Å². The van der Waals surface area contributed by atoms with Crippen molar-refractivity contribution >= 4 is 10.1 Å². The Morgan fingerprint density at radius 3 is 2.00 bits per heavy atom. The molecule has 80 valence electrons. The Morgan fingerprint density at radius 2 is 1.85 bits per heavy atom. The lowest BCUT2D eigenvalue weighted by Gasteiger charge is -2.02. The molecule has 1 saturated heterocycles. The topological polar surface area (TPSA) is 73.8 Å². The molecule has 2 N–H and O–H groups in total. The Kier molecular flexibility index (Phi) is 7.22. The lowest BCUT2D eigenvalue weighted by Crippen LogP contribution is -2.80. The largest absolute Gasteiger partial charge is 0.748 e. The van der Waals surface area contributed by atoms with Crippen LogP contribution in [-0.4, -0.2) is 31.8 Å². The second kappa shape index (κ2) is 7.29. The molecule has 0 amide bonds. The van der Waals surface area contributed by atoms with Gasteiger partial charge >= 0.3 is 0 Å². The molecule has 5 heteroatoms. The Hall–Kier alpha value is -0.130. The summed E-state index contributed by atoms with van der Waals surface area (Å²) in [7, 11) is -3.94. The monoisotopic (exact) mass is 209 g/mol. The van der Waals surface area contributed by atoms with Gasteiger partial charge in [0.2, 0.25) is 0 Å². The van der Waals surface area contributed by atoms with E-state index in [1.54, 1.807) is 0 Å². The van der Waals surface area contributed by atoms with E-state index in [2.05, 4.69) is 5.32 Å². The first-order valence-electron chi connectivity index (χ1n) is 4.81. The van der Waals surface area contributed by atoms with Gasteiger partial charge < -0.3 is 9.87 Å². The van der Waals surface area contributed by atoms with Crippen LogP contribution in [-0.2, 0) is 10.1 Å². The van der Waals surface area contributed by atoms with Crippen molar-refractivity contribution in [2.75, 3.05) is 18.8 Å². The summed E-state index contributed by atoms with van der Waals surface area (Å²) in [5.41, 5.74) is 0. The molecule has 1 aliphatic rings. The molecule has 0 saturated carbocycles. The quantitative estimate of drug-likeness (QED) is 0.647. The third-order valence-corrected chi connectivity index (χ3v) is 2.60. The van der Waals surface area contributed by atoms with E-state index in [-0.39, 0.29) is 5.75 Å². The van der Waals surface area contributed by atoms with Gasteiger partial charge in [0.05, 0.1) is 23.2 Å². The number of hydrogen-bond acceptors (Lipinski definition) is 3. The summed E-state index contributed by atoms with van der Waals surface area (Å²) in [5, 5.41) is 2.36. The second-order valence-electron chi connectivity index (χ2n) is 3.19. The fraction of sp³-hybridized carbons (Fsp3) is 1.00. The van der Waals surface area contributed by atoms with Crippen molar-refractivity contribution in [1.82, 2.24) is 0 Å². The van der Waals surface area contributed by atoms with Crippen LogP contribution in [0, 0.1) is 0 Å². The highest BCUT2D eigenvalue weighted by Gasteiger charge is 1.97. The fourth-order valence-electron chi connectivity index (χ4n) is 1.04. The van der Waals surface area contributed by atoms with Gasteiger partial charge in [-0.25, -0.2) is 8.42 Å². The molecule has 0 atom stereocenters. The molecular formula is C8H19NO3S. The lowest BCUT2D eigenvalue weighted by molar-refractivity contribution is -0.635. The fourth-order valence-corrected chi connectivity index (χ4v) is 1.69. The number of nitrogens with two attached hydrogens (primary N) is 1. The molecule has 1 heterocycles. The average molecular weight is 209 g/mol. The van der Waals surface area contributed by atoms with Gasteiger partial charge in [0.15, 0.2) is 0 Å². The minimum Gasteiger partial charge on any atom is -0.748 e. The molecule has 1 aliphatic heterocycles. The molecule has 1 rings (SSSR count). The third-order valence-electron chi connectivity index (χ3n) is 1.81. The molecular weight excluding hydrogens is 190 g/mol. The first-order valence-corrected chi connectivity index (χ1v) is 6.39. The maximum Gasteiger partial charge on any atom is 0.0945 e. The molecule has 0 aromatic rings. The molecule has 13 heavy (non-hydrogen) atoms. The van der Waals surface area contributed by atoms with E-state index in [0.717, 1.165) is 6.42 Å². The molecule has 0 aromatic heterocycles. The van der Waals surface area contributed by atoms with Gasteiger partial charge in [-0.1, -0.05) is 13.3 Å². The number of rotatable bonds is 3. The zero-order chi connectivity index (χ0) is 10.2. The van der Waals surface area contributed by atoms with Gasteiger partial charge in [0.25, 0.3) is 0 Å². The van der Waals surface area contributed by atoms with Crippen LogP contribution in [0.25, 0.3) is 0 Å². The van der Waals surface area contributed by atoms with Gasteiger partial charge in [0.1, 0.15) is 0 Å². The molecule has 0 unspecified atom stereocenters. The van der Waals surface area contributed by atoms with Crippen LogP contribution in [0.5, 0.6) is 0 Å². The van der Waals surface area contributed by atoms with E-state index in [1.807, 2.05) is 6.92 Å². The Balaban J connectivity index is 0.000000243. The van der Waals surface area contributed by atoms with Crippen LogP contribution in [0.1, 0.15) is 32.6 Å². The minimum atomic E-state index is -3.94. The maximum atomic E-state index is 9.83. The van der Waals surface area contributed by atoms with Crippen LogP contribution in [0.3, 0.4) is 0 Å². The number of quaternary nitrogens is 1. The molecule has 0 radical (unpaired) electrons. The van der Waals surface area contributed by atoms with Gasteiger partial charge in [0, 0.05) is 18.6 Å². The summed E-state index contributed by atoms with van der Waals surface area (Å²) in [4.78, 5) is 0. The smallest absolute Gasteiger partial charge is 0.0945 e. The Labute approximate surface area is 80.5 Å². The molecule has 0 aromatic carbocycles. The normalized spacial score (nSPS) is 16.5. The summed E-state index contributed by atoms with van der Waals surface area (Å²) >= 11 is 0. The van der Waals surface area contributed by atoms with Crippen molar-refractivity contribution in [1.29, 1.82) is 0 Å². The zero-order valence-corrected chi connectivity index (χ0v) is 8.98. The van der Waals surface area contributed by atoms with E-state index < -0.39 is 10.1 Å². The van der Waals surface area contributed by atoms with E-state index in [9.17, 15) is 13.0 Å². The minimum absolute atomic E-state index is 0.219. The van der Waals surface area contributed by atoms with Crippen molar-refractivity contribution in [3.8, 4) is 0 Å². The Morgan fingerprint density at radius 1 is 1.31 bits per heavy atom. The highest BCUT2D eigenvalue weighted by Crippen LogP contribution is 1.90. The molecule has 0 aliphatic carbocycles. The van der Waals surface area contributed by atoms with Crippen molar-refractivity contribution < 1.29 is 18.3 Å². The molecule has 0 bridgehead atoms. The van der Waals surface area contributed by atoms with Crippen molar-refractivity contribution in [3.63, 3.8) is 0 Å². The van der Waals surface area contributed by atoms with Crippen molar-refractivity contribution in [2.45, 2.75) is 32.6 Å². The van der Waals surface area contributed by atoms with E-state index >= 15 is 0 Å². The molecule has 0 spiro atoms. The predicted molar refractivity (Wildman–Crippen MR) is 50.4 cm³/mol. The average Bonchev–Trinajstić information content (AvgIpc) is 2.56. The number of hydrogen-bond donors (Lipinski definition) is 1. The van der Waals surface area contributed by atoms with Gasteiger partial charge in [-0.15, -0.1) is 0 Å². The summed E-state index contributed by atoms with van der Waals surface area (Å²) < 4.78 is 29.5. The summed E-state index contributed by atoms with van der Waals surface area (Å²) in [6.45, 7) is 4.59. The predicted octanol–water partition coefficient (Wildman–Crippen LogP) is -0.325. The molecule has 1 fully saturated rings. The van der Waals surface area contributed by atoms with Crippen LogP contribution in [0.15, 0.2) is 0 Å². The first-order chi connectivity index (χ1) is 6.06. The highest BCUT2D eigenvalue weighted by atomic mass is 32.2. The second-order valence-corrected chi connectivity index (χ2v) is 4.71. The van der Waals surface area contributed by atoms with Crippen LogP contribution in [0.2, 0.25) is 0 Å². The standard InChI is InChI=1S/C4H9N.C4H10O3S/c1-2-4-5-3-1;1-2-3-4-8(5,6)7/h5H,1-4H2;2-4H2,1H3,(H,5,6,7). The van der Waals surface area contributed by atoms with Gasteiger partial charge in [-0.2, -0.15) is 0 Å². The van der Waals surface area contributed by atoms with E-state index in [0.29, 0.717) is 6.42 Å². The SMILES string of the molecule is C1CC[NH2+]C1.CCCCS(=O)(=O)[O-]. The molecule has 4 nitrogen and oxygen atoms in total. The first kappa shape index (κ1) is 12.9. The third kappa shape index (κ3) is 11.9. The summed E-state index contributed by atoms with van der Waals surface area (Å²) in [6.07, 6.45) is 4.12. The Bertz CT molecular complexity index is 190. The van der Waals surface area contributed by atoms with Crippen LogP contribution < -0.4 is 5.32 Å². The summed E-state index contributed by atoms with van der Waals surface area (Å²) in [6, 6.07) is 0. The van der Waals surface area contributed by atoms with E-state index in [4.69, 9.17) is 0 Å². The zero-order valence-electron chi connectivity index (χ0n) is 8.16. The maximum absolute atomic E-state index is 9.83.